The fourth-order valence-corrected chi connectivity index (χ4v) is 3.76. The highest BCUT2D eigenvalue weighted by atomic mass is 19.2. The first-order valence-electron chi connectivity index (χ1n) is 11.6. The van der Waals surface area contributed by atoms with Gasteiger partial charge in [-0.05, 0) is 47.5 Å². The zero-order chi connectivity index (χ0) is 25.4. The number of carbonyl (C=O) groups is 1. The van der Waals surface area contributed by atoms with Gasteiger partial charge < -0.3 is 14.6 Å². The molecule has 9 heteroatoms. The molecule has 36 heavy (non-hydrogen) atoms. The van der Waals surface area contributed by atoms with Crippen molar-refractivity contribution in [3.8, 4) is 5.75 Å². The number of carbonyl (C=O) groups excluding carboxylic acids is 1. The number of hydrogen-bond acceptors (Lipinski definition) is 6. The molecule has 0 saturated carbocycles. The van der Waals surface area contributed by atoms with Crippen molar-refractivity contribution in [3.05, 3.63) is 101 Å². The van der Waals surface area contributed by atoms with Crippen molar-refractivity contribution < 1.29 is 28.2 Å². The van der Waals surface area contributed by atoms with E-state index in [9.17, 15) is 13.6 Å². The lowest BCUT2D eigenvalue weighted by Gasteiger charge is -2.23. The van der Waals surface area contributed by atoms with E-state index < -0.39 is 23.1 Å². The number of hydrogen-bond donors (Lipinski definition) is 3. The van der Waals surface area contributed by atoms with Crippen molar-refractivity contribution in [3.63, 3.8) is 0 Å². The number of ether oxygens (including phenoxy) is 2. The zero-order valence-electron chi connectivity index (χ0n) is 19.5. The summed E-state index contributed by atoms with van der Waals surface area (Å²) >= 11 is 0. The molecule has 0 bridgehead atoms. The molecule has 0 aromatic heterocycles. The molecule has 0 aliphatic carbocycles. The maximum Gasteiger partial charge on any atom is 0.266 e. The summed E-state index contributed by atoms with van der Waals surface area (Å²) in [6, 6.07) is 20.2. The van der Waals surface area contributed by atoms with Crippen LogP contribution in [-0.4, -0.2) is 42.3 Å². The lowest BCUT2D eigenvalue weighted by molar-refractivity contribution is -0.127. The van der Waals surface area contributed by atoms with Crippen LogP contribution in [0.5, 0.6) is 5.75 Å². The van der Waals surface area contributed by atoms with Crippen LogP contribution in [0.2, 0.25) is 0 Å². The Hall–Kier alpha value is -3.82. The summed E-state index contributed by atoms with van der Waals surface area (Å²) in [5.74, 6) is -1.30. The number of aliphatic hydroxyl groups excluding tert-OH is 1. The van der Waals surface area contributed by atoms with Crippen LogP contribution in [-0.2, 0) is 22.5 Å². The Morgan fingerprint density at radius 1 is 1.03 bits per heavy atom. The number of amides is 1. The first-order chi connectivity index (χ1) is 17.5. The molecular formula is C27H27F2N3O4. The number of rotatable bonds is 11. The number of aliphatic hydroxyl groups is 1. The predicted molar refractivity (Wildman–Crippen MR) is 130 cm³/mol. The molecule has 3 N–H and O–H groups in total. The molecule has 0 fully saturated rings. The van der Waals surface area contributed by atoms with Crippen LogP contribution in [0, 0.1) is 11.6 Å². The Kier molecular flexibility index (Phi) is 8.24. The lowest BCUT2D eigenvalue weighted by Crippen LogP contribution is -2.52. The number of nitrogens with one attached hydrogen (secondary N) is 2. The molecule has 3 aromatic carbocycles. The number of halogens is 2. The topological polar surface area (TPSA) is 92.2 Å². The molecule has 0 spiro atoms. The number of hydrazine groups is 1. The number of nitrogens with zero attached hydrogens (tertiary/aromatic N) is 1. The van der Waals surface area contributed by atoms with E-state index in [1.165, 1.54) is 6.07 Å². The summed E-state index contributed by atoms with van der Waals surface area (Å²) in [6.07, 6.45) is 0.844. The minimum Gasteiger partial charge on any atom is -0.494 e. The summed E-state index contributed by atoms with van der Waals surface area (Å²) in [5, 5.41) is 8.89. The van der Waals surface area contributed by atoms with Crippen molar-refractivity contribution in [1.82, 2.24) is 10.9 Å². The van der Waals surface area contributed by atoms with Gasteiger partial charge in [0.25, 0.3) is 5.91 Å². The first-order valence-corrected chi connectivity index (χ1v) is 11.6. The van der Waals surface area contributed by atoms with Gasteiger partial charge in [-0.15, -0.1) is 0 Å². The summed E-state index contributed by atoms with van der Waals surface area (Å²) in [4.78, 5) is 18.0. The maximum absolute atomic E-state index is 13.5. The number of aliphatic imine (C=N–C) groups is 1. The second-order valence-corrected chi connectivity index (χ2v) is 8.41. The molecule has 1 aliphatic heterocycles. The summed E-state index contributed by atoms with van der Waals surface area (Å²) in [5.41, 5.74) is 6.27. The summed E-state index contributed by atoms with van der Waals surface area (Å²) in [6.45, 7) is 0.597. The van der Waals surface area contributed by atoms with Gasteiger partial charge in [-0.1, -0.05) is 36.4 Å². The van der Waals surface area contributed by atoms with Crippen LogP contribution in [0.4, 0.5) is 8.78 Å². The third-order valence-electron chi connectivity index (χ3n) is 5.68. The zero-order valence-corrected chi connectivity index (χ0v) is 19.5. The molecule has 1 amide bonds. The monoisotopic (exact) mass is 495 g/mol. The third kappa shape index (κ3) is 6.24. The molecule has 0 radical (unpaired) electrons. The second kappa shape index (κ2) is 11.7. The average Bonchev–Trinajstić information content (AvgIpc) is 3.32. The standard InChI is InChI=1S/C27H27F2N3O4/c28-23-12-7-20(15-24(23)29)17-30-32-26(34)27(16-19-5-2-1-3-6-19)18-36-25(31-27)21-8-10-22(11-9-21)35-14-4-13-33/h1-3,5-12,15,30,33H,4,13-14,16-18H2,(H,32,34)/t27-/m0/s1. The predicted octanol–water partition coefficient (Wildman–Crippen LogP) is 3.31. The van der Waals surface area contributed by atoms with Gasteiger partial charge >= 0.3 is 0 Å². The van der Waals surface area contributed by atoms with Crippen molar-refractivity contribution in [1.29, 1.82) is 0 Å². The summed E-state index contributed by atoms with van der Waals surface area (Å²) < 4.78 is 38.1. The van der Waals surface area contributed by atoms with Gasteiger partial charge in [-0.3, -0.25) is 10.2 Å². The van der Waals surface area contributed by atoms with Crippen molar-refractivity contribution in [2.24, 2.45) is 4.99 Å². The van der Waals surface area contributed by atoms with E-state index >= 15 is 0 Å². The molecular weight excluding hydrogens is 468 g/mol. The van der Waals surface area contributed by atoms with Crippen LogP contribution in [0.25, 0.3) is 0 Å². The molecule has 7 nitrogen and oxygen atoms in total. The van der Waals surface area contributed by atoms with Crippen molar-refractivity contribution >= 4 is 11.8 Å². The Bertz CT molecular complexity index is 1210. The fraction of sp³-hybridized carbons (Fsp3) is 0.259. The smallest absolute Gasteiger partial charge is 0.266 e. The van der Waals surface area contributed by atoms with Gasteiger partial charge in [-0.25, -0.2) is 19.2 Å². The van der Waals surface area contributed by atoms with Crippen LogP contribution in [0.15, 0.2) is 77.8 Å². The van der Waals surface area contributed by atoms with Crippen LogP contribution in [0.3, 0.4) is 0 Å². The van der Waals surface area contributed by atoms with Gasteiger partial charge in [-0.2, -0.15) is 0 Å². The lowest BCUT2D eigenvalue weighted by atomic mass is 9.91. The van der Waals surface area contributed by atoms with Gasteiger partial charge in [0.2, 0.25) is 5.90 Å². The van der Waals surface area contributed by atoms with E-state index in [-0.39, 0.29) is 19.8 Å². The molecule has 4 rings (SSSR count). The Balaban J connectivity index is 1.49. The molecule has 1 aliphatic rings. The number of benzene rings is 3. The van der Waals surface area contributed by atoms with Gasteiger partial charge in [0, 0.05) is 31.6 Å². The van der Waals surface area contributed by atoms with E-state index in [2.05, 4.69) is 10.9 Å². The molecule has 0 unspecified atom stereocenters. The highest BCUT2D eigenvalue weighted by Crippen LogP contribution is 2.27. The Morgan fingerprint density at radius 3 is 2.53 bits per heavy atom. The van der Waals surface area contributed by atoms with E-state index in [0.29, 0.717) is 42.2 Å². The van der Waals surface area contributed by atoms with Crippen LogP contribution < -0.4 is 15.6 Å². The largest absolute Gasteiger partial charge is 0.494 e. The van der Waals surface area contributed by atoms with Crippen LogP contribution in [0.1, 0.15) is 23.1 Å². The van der Waals surface area contributed by atoms with Gasteiger partial charge in [0.15, 0.2) is 17.2 Å². The fourth-order valence-electron chi connectivity index (χ4n) is 3.76. The Labute approximate surface area is 207 Å². The minimum absolute atomic E-state index is 0.0324. The van der Waals surface area contributed by atoms with E-state index in [1.807, 2.05) is 30.3 Å². The first kappa shape index (κ1) is 25.3. The molecule has 1 atom stereocenters. The van der Waals surface area contributed by atoms with Crippen LogP contribution >= 0.6 is 0 Å². The highest BCUT2D eigenvalue weighted by Gasteiger charge is 2.44. The minimum atomic E-state index is -1.23. The van der Waals surface area contributed by atoms with Crippen molar-refractivity contribution in [2.75, 3.05) is 19.8 Å². The van der Waals surface area contributed by atoms with Gasteiger partial charge in [0.05, 0.1) is 6.61 Å². The van der Waals surface area contributed by atoms with E-state index in [1.54, 1.807) is 24.3 Å². The maximum atomic E-state index is 13.5. The third-order valence-corrected chi connectivity index (χ3v) is 5.68. The summed E-state index contributed by atoms with van der Waals surface area (Å²) in [7, 11) is 0. The Morgan fingerprint density at radius 2 is 1.81 bits per heavy atom. The molecule has 0 saturated heterocycles. The van der Waals surface area contributed by atoms with E-state index in [0.717, 1.165) is 17.7 Å². The normalized spacial score (nSPS) is 16.8. The van der Waals surface area contributed by atoms with Crippen molar-refractivity contribution in [2.45, 2.75) is 24.9 Å². The SMILES string of the molecule is O=C(NNCc1ccc(F)c(F)c1)[C@]1(Cc2ccccc2)COC(c2ccc(OCCCO)cc2)=N1. The van der Waals surface area contributed by atoms with E-state index in [4.69, 9.17) is 19.6 Å². The second-order valence-electron chi connectivity index (χ2n) is 8.41. The molecule has 1 heterocycles. The van der Waals surface area contributed by atoms with Gasteiger partial charge in [0.1, 0.15) is 12.4 Å². The molecule has 188 valence electrons. The molecule has 3 aromatic rings. The highest BCUT2D eigenvalue weighted by molar-refractivity contribution is 6.00. The average molecular weight is 496 g/mol. The quantitative estimate of drug-likeness (QED) is 0.281.